The van der Waals surface area contributed by atoms with Gasteiger partial charge in [-0.15, -0.1) is 0 Å². The molecule has 0 aromatic heterocycles. The molecule has 0 saturated carbocycles. The molecule has 0 spiro atoms. The van der Waals surface area contributed by atoms with Gasteiger partial charge in [-0.2, -0.15) is 0 Å². The molecule has 0 aliphatic carbocycles. The van der Waals surface area contributed by atoms with Gasteiger partial charge in [-0.1, -0.05) is 44.5 Å². The summed E-state index contributed by atoms with van der Waals surface area (Å²) in [5.74, 6) is -0.572. The van der Waals surface area contributed by atoms with E-state index in [2.05, 4.69) is 19.2 Å². The van der Waals surface area contributed by atoms with E-state index < -0.39 is 12.0 Å². The van der Waals surface area contributed by atoms with Crippen LogP contribution in [0.25, 0.3) is 0 Å². The SMILES string of the molecule is CCC(C)CNC(=O)N1Cc2ccccc2C[C@@H]1C(=O)O. The first kappa shape index (κ1) is 15.4. The van der Waals surface area contributed by atoms with Gasteiger partial charge in [0.1, 0.15) is 6.04 Å². The molecule has 1 aromatic rings. The smallest absolute Gasteiger partial charge is 0.326 e. The van der Waals surface area contributed by atoms with Crippen LogP contribution in [-0.4, -0.2) is 34.6 Å². The Balaban J connectivity index is 2.13. The summed E-state index contributed by atoms with van der Waals surface area (Å²) in [6.07, 6.45) is 1.34. The summed E-state index contributed by atoms with van der Waals surface area (Å²) >= 11 is 0. The third-order valence-electron chi connectivity index (χ3n) is 4.09. The van der Waals surface area contributed by atoms with Crippen LogP contribution in [0.15, 0.2) is 24.3 Å². The van der Waals surface area contributed by atoms with Gasteiger partial charge in [0.25, 0.3) is 0 Å². The number of carboxylic acid groups (broad SMARTS) is 1. The lowest BCUT2D eigenvalue weighted by Crippen LogP contribution is -2.52. The average Bonchev–Trinajstić information content (AvgIpc) is 2.50. The van der Waals surface area contributed by atoms with E-state index in [1.165, 1.54) is 4.90 Å². The van der Waals surface area contributed by atoms with E-state index in [1.54, 1.807) is 0 Å². The van der Waals surface area contributed by atoms with E-state index in [9.17, 15) is 14.7 Å². The molecule has 1 aromatic carbocycles. The fourth-order valence-corrected chi connectivity index (χ4v) is 2.46. The summed E-state index contributed by atoms with van der Waals surface area (Å²) in [7, 11) is 0. The zero-order valence-electron chi connectivity index (χ0n) is 12.5. The summed E-state index contributed by atoms with van der Waals surface area (Å²) in [5, 5.41) is 12.2. The molecule has 1 heterocycles. The Kier molecular flexibility index (Phi) is 4.83. The van der Waals surface area contributed by atoms with Crippen LogP contribution in [0.1, 0.15) is 31.4 Å². The molecule has 1 unspecified atom stereocenters. The first-order chi connectivity index (χ1) is 10.0. The van der Waals surface area contributed by atoms with Crippen LogP contribution in [0.2, 0.25) is 0 Å². The van der Waals surface area contributed by atoms with Gasteiger partial charge in [0.05, 0.1) is 0 Å². The zero-order valence-corrected chi connectivity index (χ0v) is 12.5. The number of hydrogen-bond donors (Lipinski definition) is 2. The van der Waals surface area contributed by atoms with Gasteiger partial charge >= 0.3 is 12.0 Å². The topological polar surface area (TPSA) is 69.6 Å². The molecular weight excluding hydrogens is 268 g/mol. The van der Waals surface area contributed by atoms with E-state index in [0.717, 1.165) is 17.5 Å². The molecule has 0 fully saturated rings. The van der Waals surface area contributed by atoms with Gasteiger partial charge in [-0.25, -0.2) is 9.59 Å². The fourth-order valence-electron chi connectivity index (χ4n) is 2.46. The highest BCUT2D eigenvalue weighted by Crippen LogP contribution is 2.23. The second-order valence-corrected chi connectivity index (χ2v) is 5.65. The first-order valence-electron chi connectivity index (χ1n) is 7.37. The molecule has 114 valence electrons. The number of urea groups is 1. The Morgan fingerprint density at radius 1 is 1.38 bits per heavy atom. The highest BCUT2D eigenvalue weighted by molar-refractivity contribution is 5.83. The van der Waals surface area contributed by atoms with Crippen LogP contribution < -0.4 is 5.32 Å². The van der Waals surface area contributed by atoms with Gasteiger partial charge in [-0.05, 0) is 17.0 Å². The van der Waals surface area contributed by atoms with Crippen LogP contribution in [0.4, 0.5) is 4.79 Å². The van der Waals surface area contributed by atoms with Crippen molar-refractivity contribution in [3.05, 3.63) is 35.4 Å². The Morgan fingerprint density at radius 3 is 2.67 bits per heavy atom. The summed E-state index contributed by atoms with van der Waals surface area (Å²) < 4.78 is 0. The fraction of sp³-hybridized carbons (Fsp3) is 0.500. The number of benzene rings is 1. The van der Waals surface area contributed by atoms with Crippen LogP contribution in [0.3, 0.4) is 0 Å². The van der Waals surface area contributed by atoms with Crippen molar-refractivity contribution in [3.63, 3.8) is 0 Å². The van der Waals surface area contributed by atoms with E-state index in [4.69, 9.17) is 0 Å². The van der Waals surface area contributed by atoms with E-state index in [1.807, 2.05) is 24.3 Å². The Bertz CT molecular complexity index is 530. The minimum Gasteiger partial charge on any atom is -0.480 e. The lowest BCUT2D eigenvalue weighted by Gasteiger charge is -2.34. The van der Waals surface area contributed by atoms with Gasteiger partial charge in [0.2, 0.25) is 0 Å². The molecule has 0 saturated heterocycles. The van der Waals surface area contributed by atoms with Crippen molar-refractivity contribution in [1.29, 1.82) is 0 Å². The van der Waals surface area contributed by atoms with Crippen molar-refractivity contribution in [1.82, 2.24) is 10.2 Å². The maximum absolute atomic E-state index is 12.3. The van der Waals surface area contributed by atoms with E-state index in [-0.39, 0.29) is 6.03 Å². The van der Waals surface area contributed by atoms with Crippen molar-refractivity contribution in [2.24, 2.45) is 5.92 Å². The summed E-state index contributed by atoms with van der Waals surface area (Å²) in [6, 6.07) is 6.60. The van der Waals surface area contributed by atoms with E-state index >= 15 is 0 Å². The minimum absolute atomic E-state index is 0.294. The van der Waals surface area contributed by atoms with Crippen molar-refractivity contribution >= 4 is 12.0 Å². The zero-order chi connectivity index (χ0) is 15.4. The van der Waals surface area contributed by atoms with Gasteiger partial charge in [0.15, 0.2) is 0 Å². The second-order valence-electron chi connectivity index (χ2n) is 5.65. The summed E-state index contributed by atoms with van der Waals surface area (Å²) in [6.45, 7) is 5.04. The molecular formula is C16H22N2O3. The number of carbonyl (C=O) groups excluding carboxylic acids is 1. The van der Waals surface area contributed by atoms with Gasteiger partial charge in [0, 0.05) is 19.5 Å². The van der Waals surface area contributed by atoms with E-state index in [0.29, 0.717) is 25.4 Å². The normalized spacial score (nSPS) is 18.8. The molecule has 2 N–H and O–H groups in total. The number of carboxylic acids is 1. The van der Waals surface area contributed by atoms with Gasteiger partial charge < -0.3 is 15.3 Å². The minimum atomic E-state index is -0.955. The Morgan fingerprint density at radius 2 is 2.05 bits per heavy atom. The predicted molar refractivity (Wildman–Crippen MR) is 80.0 cm³/mol. The average molecular weight is 290 g/mol. The molecule has 5 nitrogen and oxygen atoms in total. The predicted octanol–water partition coefficient (Wildman–Crippen LogP) is 2.25. The van der Waals surface area contributed by atoms with Crippen molar-refractivity contribution in [2.75, 3.05) is 6.54 Å². The maximum Gasteiger partial charge on any atom is 0.326 e. The molecule has 2 atom stereocenters. The molecule has 1 aliphatic heterocycles. The quantitative estimate of drug-likeness (QED) is 0.893. The summed E-state index contributed by atoms with van der Waals surface area (Å²) in [5.41, 5.74) is 2.03. The van der Waals surface area contributed by atoms with Crippen molar-refractivity contribution in [3.8, 4) is 0 Å². The molecule has 0 radical (unpaired) electrons. The van der Waals surface area contributed by atoms with Crippen molar-refractivity contribution < 1.29 is 14.7 Å². The Hall–Kier alpha value is -2.04. The molecule has 0 bridgehead atoms. The van der Waals surface area contributed by atoms with Crippen molar-refractivity contribution in [2.45, 2.75) is 39.3 Å². The number of aliphatic carboxylic acids is 1. The molecule has 21 heavy (non-hydrogen) atoms. The number of nitrogens with zero attached hydrogens (tertiary/aromatic N) is 1. The highest BCUT2D eigenvalue weighted by atomic mass is 16.4. The first-order valence-corrected chi connectivity index (χ1v) is 7.37. The standard InChI is InChI=1S/C16H22N2O3/c1-3-11(2)9-17-16(21)18-10-13-7-5-4-6-12(13)8-14(18)15(19)20/h4-7,11,14H,3,8-10H2,1-2H3,(H,17,21)(H,19,20)/t11?,14-/m1/s1. The molecule has 1 aliphatic rings. The lowest BCUT2D eigenvalue weighted by atomic mass is 9.94. The number of hydrogen-bond acceptors (Lipinski definition) is 2. The lowest BCUT2D eigenvalue weighted by molar-refractivity contribution is -0.142. The van der Waals surface area contributed by atoms with Crippen LogP contribution in [0, 0.1) is 5.92 Å². The number of fused-ring (bicyclic) bond motifs is 1. The monoisotopic (exact) mass is 290 g/mol. The second kappa shape index (κ2) is 6.61. The largest absolute Gasteiger partial charge is 0.480 e. The Labute approximate surface area is 125 Å². The highest BCUT2D eigenvalue weighted by Gasteiger charge is 2.34. The number of carbonyl (C=O) groups is 2. The van der Waals surface area contributed by atoms with Crippen LogP contribution in [0.5, 0.6) is 0 Å². The summed E-state index contributed by atoms with van der Waals surface area (Å²) in [4.78, 5) is 25.2. The number of rotatable bonds is 4. The molecule has 2 amide bonds. The third kappa shape index (κ3) is 3.54. The number of amides is 2. The van der Waals surface area contributed by atoms with Gasteiger partial charge in [-0.3, -0.25) is 0 Å². The molecule has 2 rings (SSSR count). The molecule has 5 heteroatoms. The number of nitrogens with one attached hydrogen (secondary N) is 1. The third-order valence-corrected chi connectivity index (χ3v) is 4.09. The van der Waals surface area contributed by atoms with Crippen LogP contribution >= 0.6 is 0 Å². The maximum atomic E-state index is 12.3. The van der Waals surface area contributed by atoms with Crippen LogP contribution in [-0.2, 0) is 17.8 Å².